The van der Waals surface area contributed by atoms with Crippen LogP contribution >= 0.6 is 11.3 Å². The van der Waals surface area contributed by atoms with Crippen molar-refractivity contribution >= 4 is 11.3 Å². The Hall–Kier alpha value is -1.13. The maximum absolute atomic E-state index is 12.1. The summed E-state index contributed by atoms with van der Waals surface area (Å²) in [5.41, 5.74) is 1.60. The van der Waals surface area contributed by atoms with E-state index >= 15 is 0 Å². The highest BCUT2D eigenvalue weighted by Crippen LogP contribution is 2.24. The molecule has 0 spiro atoms. The lowest BCUT2D eigenvalue weighted by atomic mass is 10.1. The quantitative estimate of drug-likeness (QED) is 0.867. The molecule has 0 aromatic carbocycles. The summed E-state index contributed by atoms with van der Waals surface area (Å²) in [7, 11) is 0. The molecule has 82 valence electrons. The van der Waals surface area contributed by atoms with Crippen LogP contribution in [-0.4, -0.2) is 17.7 Å². The van der Waals surface area contributed by atoms with E-state index in [4.69, 9.17) is 5.26 Å². The fraction of sp³-hybridized carbons (Fsp3) is 0.500. The molecule has 0 radical (unpaired) electrons. The summed E-state index contributed by atoms with van der Waals surface area (Å²) in [5.74, 6) is -1.95. The van der Waals surface area contributed by atoms with Gasteiger partial charge in [-0.25, -0.2) is 0 Å². The van der Waals surface area contributed by atoms with Crippen LogP contribution in [-0.2, 0) is 6.54 Å². The first kappa shape index (κ1) is 11.9. The molecular formula is C8H8F3N3S. The van der Waals surface area contributed by atoms with Crippen LogP contribution in [0.1, 0.15) is 4.88 Å². The molecule has 0 bridgehead atoms. The molecule has 1 heterocycles. The smallest absolute Gasteiger partial charge is 0.310 e. The lowest BCUT2D eigenvalue weighted by Gasteiger charge is -2.13. The van der Waals surface area contributed by atoms with Crippen LogP contribution in [0, 0.1) is 17.2 Å². The van der Waals surface area contributed by atoms with E-state index < -0.39 is 18.6 Å². The maximum Gasteiger partial charge on any atom is 0.405 e. The predicted octanol–water partition coefficient (Wildman–Crippen LogP) is 1.93. The molecule has 0 saturated heterocycles. The normalized spacial score (nSPS) is 13.5. The topological polar surface area (TPSA) is 48.7 Å². The number of nitriles is 1. The maximum atomic E-state index is 12.1. The Labute approximate surface area is 88.6 Å². The molecule has 0 aliphatic carbocycles. The Morgan fingerprint density at radius 3 is 2.80 bits per heavy atom. The SMILES string of the molecule is N#CC(CNCc1cncs1)C(F)(F)F. The number of nitrogens with one attached hydrogen (secondary N) is 1. The largest absolute Gasteiger partial charge is 0.405 e. The molecule has 3 nitrogen and oxygen atoms in total. The van der Waals surface area contributed by atoms with Crippen molar-refractivity contribution in [2.45, 2.75) is 12.7 Å². The predicted molar refractivity (Wildman–Crippen MR) is 49.0 cm³/mol. The summed E-state index contributed by atoms with van der Waals surface area (Å²) in [5, 5.41) is 10.9. The zero-order valence-corrected chi connectivity index (χ0v) is 8.40. The second-order valence-electron chi connectivity index (χ2n) is 2.82. The fourth-order valence-electron chi connectivity index (χ4n) is 0.904. The van der Waals surface area contributed by atoms with Gasteiger partial charge in [0.15, 0.2) is 5.92 Å². The van der Waals surface area contributed by atoms with Crippen LogP contribution in [0.3, 0.4) is 0 Å². The highest BCUT2D eigenvalue weighted by molar-refractivity contribution is 7.09. The van der Waals surface area contributed by atoms with Gasteiger partial charge in [0.25, 0.3) is 0 Å². The summed E-state index contributed by atoms with van der Waals surface area (Å²) in [4.78, 5) is 4.62. The van der Waals surface area contributed by atoms with Gasteiger partial charge < -0.3 is 5.32 Å². The highest BCUT2D eigenvalue weighted by Gasteiger charge is 2.39. The zero-order chi connectivity index (χ0) is 11.3. The minimum Gasteiger partial charge on any atom is -0.310 e. The summed E-state index contributed by atoms with van der Waals surface area (Å²) in [6.45, 7) is -0.0865. The Kier molecular flexibility index (Phi) is 4.05. The molecule has 1 aromatic heterocycles. The molecule has 0 aliphatic heterocycles. The molecule has 0 fully saturated rings. The molecule has 1 rings (SSSR count). The van der Waals surface area contributed by atoms with Crippen LogP contribution in [0.2, 0.25) is 0 Å². The van der Waals surface area contributed by atoms with Gasteiger partial charge in [0, 0.05) is 24.2 Å². The van der Waals surface area contributed by atoms with Crippen molar-refractivity contribution in [3.05, 3.63) is 16.6 Å². The van der Waals surface area contributed by atoms with E-state index in [1.165, 1.54) is 17.4 Å². The first-order valence-electron chi connectivity index (χ1n) is 4.08. The number of hydrogen-bond acceptors (Lipinski definition) is 4. The minimum absolute atomic E-state index is 0.304. The second-order valence-corrected chi connectivity index (χ2v) is 3.79. The molecular weight excluding hydrogens is 227 g/mol. The van der Waals surface area contributed by atoms with E-state index in [1.807, 2.05) is 0 Å². The molecule has 0 saturated carbocycles. The van der Waals surface area contributed by atoms with Gasteiger partial charge in [0.2, 0.25) is 0 Å². The van der Waals surface area contributed by atoms with Crippen LogP contribution in [0.5, 0.6) is 0 Å². The Bertz CT molecular complexity index is 328. The van der Waals surface area contributed by atoms with Crippen molar-refractivity contribution in [1.82, 2.24) is 10.3 Å². The van der Waals surface area contributed by atoms with Gasteiger partial charge in [-0.2, -0.15) is 18.4 Å². The number of rotatable bonds is 4. The molecule has 0 amide bonds. The van der Waals surface area contributed by atoms with Gasteiger partial charge in [-0.15, -0.1) is 11.3 Å². The van der Waals surface area contributed by atoms with Gasteiger partial charge >= 0.3 is 6.18 Å². The molecule has 1 aromatic rings. The number of aromatic nitrogens is 1. The van der Waals surface area contributed by atoms with Crippen molar-refractivity contribution in [2.75, 3.05) is 6.54 Å². The summed E-state index contributed by atoms with van der Waals surface area (Å²) in [6, 6.07) is 1.22. The number of alkyl halides is 3. The van der Waals surface area contributed by atoms with E-state index in [0.717, 1.165) is 4.88 Å². The van der Waals surface area contributed by atoms with Gasteiger partial charge in [-0.1, -0.05) is 0 Å². The number of nitrogens with zero attached hydrogens (tertiary/aromatic N) is 2. The van der Waals surface area contributed by atoms with Gasteiger partial charge in [-0.05, 0) is 0 Å². The summed E-state index contributed by atoms with van der Waals surface area (Å²) in [6.07, 6.45) is -2.89. The molecule has 1 atom stereocenters. The Morgan fingerprint density at radius 2 is 2.33 bits per heavy atom. The molecule has 7 heteroatoms. The van der Waals surface area contributed by atoms with E-state index in [0.29, 0.717) is 6.54 Å². The Morgan fingerprint density at radius 1 is 1.60 bits per heavy atom. The monoisotopic (exact) mass is 235 g/mol. The Balaban J connectivity index is 2.34. The molecule has 1 unspecified atom stereocenters. The lowest BCUT2D eigenvalue weighted by molar-refractivity contribution is -0.157. The third-order valence-corrected chi connectivity index (χ3v) is 2.46. The van der Waals surface area contributed by atoms with Crippen molar-refractivity contribution in [2.24, 2.45) is 5.92 Å². The minimum atomic E-state index is -4.46. The van der Waals surface area contributed by atoms with Crippen LogP contribution in [0.25, 0.3) is 0 Å². The first-order valence-corrected chi connectivity index (χ1v) is 4.96. The highest BCUT2D eigenvalue weighted by atomic mass is 32.1. The van der Waals surface area contributed by atoms with Gasteiger partial charge in [0.05, 0.1) is 11.6 Å². The average Bonchev–Trinajstić information content (AvgIpc) is 2.62. The van der Waals surface area contributed by atoms with Crippen LogP contribution in [0.4, 0.5) is 13.2 Å². The summed E-state index contributed by atoms with van der Waals surface area (Å²) >= 11 is 1.35. The zero-order valence-electron chi connectivity index (χ0n) is 7.58. The average molecular weight is 235 g/mol. The van der Waals surface area contributed by atoms with Gasteiger partial charge in [0.1, 0.15) is 0 Å². The third kappa shape index (κ3) is 3.85. The van der Waals surface area contributed by atoms with E-state index in [-0.39, 0.29) is 0 Å². The van der Waals surface area contributed by atoms with Crippen molar-refractivity contribution in [3.63, 3.8) is 0 Å². The van der Waals surface area contributed by atoms with Crippen molar-refractivity contribution < 1.29 is 13.2 Å². The van der Waals surface area contributed by atoms with E-state index in [9.17, 15) is 13.2 Å². The molecule has 15 heavy (non-hydrogen) atoms. The molecule has 1 N–H and O–H groups in total. The van der Waals surface area contributed by atoms with E-state index in [2.05, 4.69) is 10.3 Å². The molecule has 0 aliphatic rings. The van der Waals surface area contributed by atoms with Crippen LogP contribution in [0.15, 0.2) is 11.7 Å². The second kappa shape index (κ2) is 5.09. The van der Waals surface area contributed by atoms with Crippen molar-refractivity contribution in [1.29, 1.82) is 5.26 Å². The van der Waals surface area contributed by atoms with Gasteiger partial charge in [-0.3, -0.25) is 4.98 Å². The van der Waals surface area contributed by atoms with E-state index in [1.54, 1.807) is 11.7 Å². The number of hydrogen-bond donors (Lipinski definition) is 1. The number of thiazole rings is 1. The van der Waals surface area contributed by atoms with Crippen LogP contribution < -0.4 is 5.32 Å². The first-order chi connectivity index (χ1) is 7.04. The number of halogens is 3. The standard InChI is InChI=1S/C8H8F3N3S/c9-8(10,11)6(1-12)2-13-3-7-4-14-5-15-7/h4-6,13H,2-3H2. The summed E-state index contributed by atoms with van der Waals surface area (Å²) < 4.78 is 36.3. The fourth-order valence-corrected chi connectivity index (χ4v) is 1.47. The van der Waals surface area contributed by atoms with Crippen molar-refractivity contribution in [3.8, 4) is 6.07 Å². The lowest BCUT2D eigenvalue weighted by Crippen LogP contribution is -2.32. The third-order valence-electron chi connectivity index (χ3n) is 1.68.